The fourth-order valence-corrected chi connectivity index (χ4v) is 3.26. The second-order valence-corrected chi connectivity index (χ2v) is 6.17. The van der Waals surface area contributed by atoms with Crippen LogP contribution in [0.15, 0.2) is 11.4 Å². The van der Waals surface area contributed by atoms with Gasteiger partial charge >= 0.3 is 0 Å². The Kier molecular flexibility index (Phi) is 4.78. The normalized spacial score (nSPS) is 17.9. The number of rotatable bonds is 5. The summed E-state index contributed by atoms with van der Waals surface area (Å²) < 4.78 is 0. The van der Waals surface area contributed by atoms with Gasteiger partial charge in [0, 0.05) is 13.1 Å². The molecule has 1 atom stereocenters. The average molecular weight is 266 g/mol. The van der Waals surface area contributed by atoms with Gasteiger partial charge in [-0.2, -0.15) is 0 Å². The van der Waals surface area contributed by atoms with Crippen LogP contribution < -0.4 is 5.32 Å². The third kappa shape index (κ3) is 3.56. The number of carbonyl (C=O) groups is 1. The Bertz CT molecular complexity index is 396. The molecule has 1 saturated heterocycles. The van der Waals surface area contributed by atoms with Crippen molar-refractivity contribution in [1.29, 1.82) is 0 Å². The van der Waals surface area contributed by atoms with E-state index >= 15 is 0 Å². The molecule has 1 N–H and O–H groups in total. The van der Waals surface area contributed by atoms with E-state index < -0.39 is 0 Å². The molecule has 18 heavy (non-hydrogen) atoms. The molecule has 3 nitrogen and oxygen atoms in total. The monoisotopic (exact) mass is 266 g/mol. The van der Waals surface area contributed by atoms with Crippen LogP contribution in [0.5, 0.6) is 0 Å². The molecule has 1 aliphatic heterocycles. The lowest BCUT2D eigenvalue weighted by atomic mass is 10.1. The van der Waals surface area contributed by atoms with Crippen molar-refractivity contribution in [3.8, 4) is 0 Å². The van der Waals surface area contributed by atoms with Gasteiger partial charge in [0.2, 0.25) is 0 Å². The molecule has 0 radical (unpaired) electrons. The minimum absolute atomic E-state index is 0.0794. The third-order valence-corrected chi connectivity index (χ3v) is 4.46. The minimum Gasteiger partial charge on any atom is -0.351 e. The molecule has 4 heteroatoms. The van der Waals surface area contributed by atoms with E-state index in [1.807, 2.05) is 18.4 Å². The Morgan fingerprint density at radius 3 is 2.83 bits per heavy atom. The molecule has 1 aromatic heterocycles. The van der Waals surface area contributed by atoms with Gasteiger partial charge in [-0.1, -0.05) is 6.92 Å². The minimum atomic E-state index is 0.0794. The quantitative estimate of drug-likeness (QED) is 0.888. The second-order valence-electron chi connectivity index (χ2n) is 5.26. The molecular weight excluding hydrogens is 244 g/mol. The van der Waals surface area contributed by atoms with Gasteiger partial charge in [0.15, 0.2) is 0 Å². The largest absolute Gasteiger partial charge is 0.351 e. The molecular formula is C14H22N2OS. The highest BCUT2D eigenvalue weighted by Gasteiger charge is 2.16. The Morgan fingerprint density at radius 2 is 2.22 bits per heavy atom. The summed E-state index contributed by atoms with van der Waals surface area (Å²) in [6.07, 6.45) is 2.65. The molecule has 2 rings (SSSR count). The van der Waals surface area contributed by atoms with Crippen LogP contribution in [0.3, 0.4) is 0 Å². The van der Waals surface area contributed by atoms with Crippen molar-refractivity contribution in [2.75, 3.05) is 26.2 Å². The van der Waals surface area contributed by atoms with Crippen molar-refractivity contribution in [1.82, 2.24) is 10.2 Å². The first kappa shape index (κ1) is 13.6. The number of amides is 1. The molecule has 0 spiro atoms. The van der Waals surface area contributed by atoms with E-state index in [1.54, 1.807) is 0 Å². The van der Waals surface area contributed by atoms with Crippen molar-refractivity contribution in [3.63, 3.8) is 0 Å². The highest BCUT2D eigenvalue weighted by atomic mass is 32.1. The van der Waals surface area contributed by atoms with Crippen LogP contribution in [-0.4, -0.2) is 37.0 Å². The van der Waals surface area contributed by atoms with Crippen molar-refractivity contribution in [3.05, 3.63) is 21.9 Å². The highest BCUT2D eigenvalue weighted by molar-refractivity contribution is 7.12. The van der Waals surface area contributed by atoms with Gasteiger partial charge in [0.1, 0.15) is 0 Å². The maximum Gasteiger partial charge on any atom is 0.261 e. The number of hydrogen-bond donors (Lipinski definition) is 1. The summed E-state index contributed by atoms with van der Waals surface area (Å²) in [5, 5.41) is 5.01. The van der Waals surface area contributed by atoms with E-state index in [1.165, 1.54) is 37.3 Å². The number of thiophene rings is 1. The van der Waals surface area contributed by atoms with E-state index in [-0.39, 0.29) is 5.91 Å². The Morgan fingerprint density at radius 1 is 1.50 bits per heavy atom. The summed E-state index contributed by atoms with van der Waals surface area (Å²) in [7, 11) is 0. The van der Waals surface area contributed by atoms with Crippen molar-refractivity contribution in [2.45, 2.75) is 26.7 Å². The van der Waals surface area contributed by atoms with Gasteiger partial charge in [-0.3, -0.25) is 4.79 Å². The van der Waals surface area contributed by atoms with Gasteiger partial charge in [0.25, 0.3) is 5.91 Å². The molecule has 1 aromatic rings. The smallest absolute Gasteiger partial charge is 0.261 e. The number of carbonyl (C=O) groups excluding carboxylic acids is 1. The van der Waals surface area contributed by atoms with Crippen LogP contribution in [-0.2, 0) is 0 Å². The lowest BCUT2D eigenvalue weighted by molar-refractivity contribution is 0.0948. The predicted molar refractivity (Wildman–Crippen MR) is 76.2 cm³/mol. The van der Waals surface area contributed by atoms with Gasteiger partial charge in [0.05, 0.1) is 4.88 Å². The van der Waals surface area contributed by atoms with E-state index in [9.17, 15) is 4.79 Å². The number of nitrogens with zero attached hydrogens (tertiary/aromatic N) is 1. The number of hydrogen-bond acceptors (Lipinski definition) is 3. The van der Waals surface area contributed by atoms with E-state index in [4.69, 9.17) is 0 Å². The van der Waals surface area contributed by atoms with Gasteiger partial charge in [-0.25, -0.2) is 0 Å². The third-order valence-electron chi connectivity index (χ3n) is 3.45. The highest BCUT2D eigenvalue weighted by Crippen LogP contribution is 2.15. The van der Waals surface area contributed by atoms with Gasteiger partial charge in [-0.15, -0.1) is 11.3 Å². The van der Waals surface area contributed by atoms with Crippen molar-refractivity contribution in [2.24, 2.45) is 5.92 Å². The van der Waals surface area contributed by atoms with Gasteiger partial charge < -0.3 is 10.2 Å². The Balaban J connectivity index is 1.73. The first-order chi connectivity index (χ1) is 8.66. The molecule has 0 saturated carbocycles. The van der Waals surface area contributed by atoms with Crippen LogP contribution in [0.25, 0.3) is 0 Å². The SMILES string of the molecule is Cc1ccsc1C(=O)NC[C@@H](C)CN1CCCC1. The number of likely N-dealkylation sites (tertiary alicyclic amines) is 1. The zero-order valence-corrected chi connectivity index (χ0v) is 12.1. The second kappa shape index (κ2) is 6.34. The van der Waals surface area contributed by atoms with Crippen molar-refractivity contribution < 1.29 is 4.79 Å². The van der Waals surface area contributed by atoms with E-state index in [0.717, 1.165) is 23.5 Å². The molecule has 0 bridgehead atoms. The first-order valence-corrected chi connectivity index (χ1v) is 7.59. The van der Waals surface area contributed by atoms with Crippen LogP contribution in [0.4, 0.5) is 0 Å². The van der Waals surface area contributed by atoms with Crippen LogP contribution in [0.2, 0.25) is 0 Å². The van der Waals surface area contributed by atoms with E-state index in [0.29, 0.717) is 5.92 Å². The molecule has 1 fully saturated rings. The lowest BCUT2D eigenvalue weighted by Gasteiger charge is -2.20. The number of aryl methyl sites for hydroxylation is 1. The maximum absolute atomic E-state index is 12.0. The molecule has 1 amide bonds. The summed E-state index contributed by atoms with van der Waals surface area (Å²) >= 11 is 1.52. The molecule has 1 aliphatic rings. The molecule has 2 heterocycles. The summed E-state index contributed by atoms with van der Waals surface area (Å²) in [5.41, 5.74) is 1.07. The zero-order valence-electron chi connectivity index (χ0n) is 11.2. The van der Waals surface area contributed by atoms with Gasteiger partial charge in [-0.05, 0) is 55.8 Å². The average Bonchev–Trinajstić information content (AvgIpc) is 2.97. The Labute approximate surface area is 113 Å². The zero-order chi connectivity index (χ0) is 13.0. The fraction of sp³-hybridized carbons (Fsp3) is 0.643. The number of nitrogens with one attached hydrogen (secondary N) is 1. The fourth-order valence-electron chi connectivity index (χ4n) is 2.42. The molecule has 0 unspecified atom stereocenters. The van der Waals surface area contributed by atoms with E-state index in [2.05, 4.69) is 17.1 Å². The van der Waals surface area contributed by atoms with Crippen LogP contribution >= 0.6 is 11.3 Å². The molecule has 0 aromatic carbocycles. The topological polar surface area (TPSA) is 32.3 Å². The summed E-state index contributed by atoms with van der Waals surface area (Å²) in [6, 6.07) is 1.99. The van der Waals surface area contributed by atoms with Crippen LogP contribution in [0.1, 0.15) is 35.0 Å². The standard InChI is InChI=1S/C14H22N2OS/c1-11(10-16-6-3-4-7-16)9-15-14(17)13-12(2)5-8-18-13/h5,8,11H,3-4,6-7,9-10H2,1-2H3,(H,15,17)/t11-/m1/s1. The molecule has 0 aliphatic carbocycles. The lowest BCUT2D eigenvalue weighted by Crippen LogP contribution is -2.34. The summed E-state index contributed by atoms with van der Waals surface area (Å²) in [6.45, 7) is 8.51. The molecule has 100 valence electrons. The first-order valence-electron chi connectivity index (χ1n) is 6.71. The Hall–Kier alpha value is -0.870. The summed E-state index contributed by atoms with van der Waals surface area (Å²) in [4.78, 5) is 15.3. The van der Waals surface area contributed by atoms with Crippen molar-refractivity contribution >= 4 is 17.2 Å². The summed E-state index contributed by atoms with van der Waals surface area (Å²) in [5.74, 6) is 0.600. The maximum atomic E-state index is 12.0. The predicted octanol–water partition coefficient (Wildman–Crippen LogP) is 2.52. The van der Waals surface area contributed by atoms with Crippen LogP contribution in [0, 0.1) is 12.8 Å².